The maximum Gasteiger partial charge on any atom is 0.257 e. The molecule has 1 N–H and O–H groups in total. The summed E-state index contributed by atoms with van der Waals surface area (Å²) in [4.78, 5) is 14.9. The second kappa shape index (κ2) is 6.20. The lowest BCUT2D eigenvalue weighted by molar-refractivity contribution is 0.102. The zero-order valence-corrected chi connectivity index (χ0v) is 12.9. The maximum atomic E-state index is 12.2. The molecule has 0 saturated heterocycles. The van der Waals surface area contributed by atoms with Gasteiger partial charge in [0.2, 0.25) is 0 Å². The summed E-state index contributed by atoms with van der Waals surface area (Å²) < 4.78 is 0. The summed E-state index contributed by atoms with van der Waals surface area (Å²) in [6.45, 7) is 0. The van der Waals surface area contributed by atoms with Gasteiger partial charge in [-0.3, -0.25) is 4.79 Å². The molecule has 0 bridgehead atoms. The molecule has 0 aliphatic rings. The standard InChI is InChI=1S/C15H15ClN2OS/c1-18(2)11-5-3-4-10(8-11)17-15(19)13-9-12(20)6-7-14(13)16/h3-9,20H,1-2H3,(H,17,19). The molecule has 3 nitrogen and oxygen atoms in total. The van der Waals surface area contributed by atoms with Crippen LogP contribution in [0.25, 0.3) is 0 Å². The van der Waals surface area contributed by atoms with Gasteiger partial charge in [-0.25, -0.2) is 0 Å². The van der Waals surface area contributed by atoms with E-state index in [0.29, 0.717) is 15.5 Å². The fourth-order valence-corrected chi connectivity index (χ4v) is 2.15. The number of nitrogens with zero attached hydrogens (tertiary/aromatic N) is 1. The Balaban J connectivity index is 2.23. The smallest absolute Gasteiger partial charge is 0.257 e. The van der Waals surface area contributed by atoms with Crippen molar-refractivity contribution in [3.8, 4) is 0 Å². The molecular weight excluding hydrogens is 292 g/mol. The molecule has 0 saturated carbocycles. The lowest BCUT2D eigenvalue weighted by Crippen LogP contribution is -2.14. The third kappa shape index (κ3) is 3.46. The van der Waals surface area contributed by atoms with E-state index in [2.05, 4.69) is 17.9 Å². The minimum Gasteiger partial charge on any atom is -0.378 e. The van der Waals surface area contributed by atoms with Crippen LogP contribution in [0, 0.1) is 0 Å². The average Bonchev–Trinajstić information content (AvgIpc) is 2.41. The number of amides is 1. The van der Waals surface area contributed by atoms with Crippen molar-refractivity contribution in [2.45, 2.75) is 4.90 Å². The van der Waals surface area contributed by atoms with E-state index in [1.165, 1.54) is 0 Å². The van der Waals surface area contributed by atoms with Crippen molar-refractivity contribution in [2.75, 3.05) is 24.3 Å². The van der Waals surface area contributed by atoms with Gasteiger partial charge in [0.15, 0.2) is 0 Å². The van der Waals surface area contributed by atoms with Crippen molar-refractivity contribution < 1.29 is 4.79 Å². The van der Waals surface area contributed by atoms with E-state index in [0.717, 1.165) is 11.4 Å². The van der Waals surface area contributed by atoms with Crippen molar-refractivity contribution >= 4 is 41.5 Å². The number of benzene rings is 2. The summed E-state index contributed by atoms with van der Waals surface area (Å²) in [7, 11) is 3.89. The first-order chi connectivity index (χ1) is 9.47. The highest BCUT2D eigenvalue weighted by atomic mass is 35.5. The van der Waals surface area contributed by atoms with Gasteiger partial charge in [0.05, 0.1) is 10.6 Å². The van der Waals surface area contributed by atoms with Crippen molar-refractivity contribution in [1.29, 1.82) is 0 Å². The van der Waals surface area contributed by atoms with Crippen LogP contribution in [0.5, 0.6) is 0 Å². The minimum atomic E-state index is -0.248. The van der Waals surface area contributed by atoms with Crippen LogP contribution in [0.15, 0.2) is 47.4 Å². The zero-order valence-electron chi connectivity index (χ0n) is 11.2. The van der Waals surface area contributed by atoms with E-state index in [9.17, 15) is 4.79 Å². The molecule has 0 aliphatic heterocycles. The van der Waals surface area contributed by atoms with Crippen LogP contribution in [-0.2, 0) is 0 Å². The topological polar surface area (TPSA) is 32.3 Å². The molecule has 104 valence electrons. The second-order valence-electron chi connectivity index (χ2n) is 4.56. The molecular formula is C15H15ClN2OS. The van der Waals surface area contributed by atoms with Gasteiger partial charge in [0.1, 0.15) is 0 Å². The van der Waals surface area contributed by atoms with Crippen LogP contribution in [0.3, 0.4) is 0 Å². The fraction of sp³-hybridized carbons (Fsp3) is 0.133. The summed E-state index contributed by atoms with van der Waals surface area (Å²) in [5, 5.41) is 3.24. The third-order valence-electron chi connectivity index (χ3n) is 2.81. The molecule has 0 radical (unpaired) electrons. The number of carbonyl (C=O) groups excluding carboxylic acids is 1. The second-order valence-corrected chi connectivity index (χ2v) is 5.49. The lowest BCUT2D eigenvalue weighted by atomic mass is 10.2. The molecule has 0 spiro atoms. The highest BCUT2D eigenvalue weighted by Gasteiger charge is 2.11. The first-order valence-electron chi connectivity index (χ1n) is 6.04. The number of thiol groups is 1. The first kappa shape index (κ1) is 14.8. The van der Waals surface area contributed by atoms with Crippen LogP contribution >= 0.6 is 24.2 Å². The van der Waals surface area contributed by atoms with Gasteiger partial charge in [-0.1, -0.05) is 17.7 Å². The average molecular weight is 307 g/mol. The molecule has 5 heteroatoms. The quantitative estimate of drug-likeness (QED) is 0.842. The molecule has 0 aromatic heterocycles. The number of carbonyl (C=O) groups is 1. The SMILES string of the molecule is CN(C)c1cccc(NC(=O)c2cc(S)ccc2Cl)c1. The Bertz CT molecular complexity index is 644. The van der Waals surface area contributed by atoms with Crippen molar-refractivity contribution in [3.63, 3.8) is 0 Å². The molecule has 0 fully saturated rings. The summed E-state index contributed by atoms with van der Waals surface area (Å²) in [5.41, 5.74) is 2.15. The van der Waals surface area contributed by atoms with Gasteiger partial charge in [0.25, 0.3) is 5.91 Å². The van der Waals surface area contributed by atoms with Crippen molar-refractivity contribution in [3.05, 3.63) is 53.1 Å². The molecule has 20 heavy (non-hydrogen) atoms. The highest BCUT2D eigenvalue weighted by Crippen LogP contribution is 2.22. The predicted octanol–water partition coefficient (Wildman–Crippen LogP) is 3.95. The Kier molecular flexibility index (Phi) is 4.57. The van der Waals surface area contributed by atoms with E-state index >= 15 is 0 Å². The number of hydrogen-bond acceptors (Lipinski definition) is 3. The van der Waals surface area contributed by atoms with Gasteiger partial charge in [-0.15, -0.1) is 12.6 Å². The molecule has 0 unspecified atom stereocenters. The summed E-state index contributed by atoms with van der Waals surface area (Å²) in [6, 6.07) is 12.7. The van der Waals surface area contributed by atoms with Crippen LogP contribution in [-0.4, -0.2) is 20.0 Å². The van der Waals surface area contributed by atoms with Gasteiger partial charge in [-0.2, -0.15) is 0 Å². The molecule has 2 rings (SSSR count). The first-order valence-corrected chi connectivity index (χ1v) is 6.87. The van der Waals surface area contributed by atoms with Crippen LogP contribution < -0.4 is 10.2 Å². The van der Waals surface area contributed by atoms with Gasteiger partial charge < -0.3 is 10.2 Å². The fourth-order valence-electron chi connectivity index (χ4n) is 1.75. The summed E-state index contributed by atoms with van der Waals surface area (Å²) in [5.74, 6) is -0.248. The summed E-state index contributed by atoms with van der Waals surface area (Å²) >= 11 is 10.3. The Labute approximate surface area is 129 Å². The van der Waals surface area contributed by atoms with Gasteiger partial charge >= 0.3 is 0 Å². The molecule has 0 heterocycles. The molecule has 2 aromatic rings. The van der Waals surface area contributed by atoms with Crippen molar-refractivity contribution in [1.82, 2.24) is 0 Å². The van der Waals surface area contributed by atoms with E-state index in [1.807, 2.05) is 43.3 Å². The Morgan fingerprint density at radius 2 is 1.95 bits per heavy atom. The number of hydrogen-bond donors (Lipinski definition) is 2. The van der Waals surface area contributed by atoms with E-state index in [1.54, 1.807) is 18.2 Å². The Hall–Kier alpha value is -1.65. The minimum absolute atomic E-state index is 0.248. The van der Waals surface area contributed by atoms with Gasteiger partial charge in [0, 0.05) is 30.4 Å². The Morgan fingerprint density at radius 1 is 1.20 bits per heavy atom. The van der Waals surface area contributed by atoms with E-state index in [-0.39, 0.29) is 5.91 Å². The third-order valence-corrected chi connectivity index (χ3v) is 3.42. The van der Waals surface area contributed by atoms with E-state index in [4.69, 9.17) is 11.6 Å². The predicted molar refractivity (Wildman–Crippen MR) is 87.4 cm³/mol. The van der Waals surface area contributed by atoms with Crippen LogP contribution in [0.1, 0.15) is 10.4 Å². The zero-order chi connectivity index (χ0) is 14.7. The molecule has 0 atom stereocenters. The van der Waals surface area contributed by atoms with Crippen molar-refractivity contribution in [2.24, 2.45) is 0 Å². The largest absolute Gasteiger partial charge is 0.378 e. The van der Waals surface area contributed by atoms with Crippen LogP contribution in [0.4, 0.5) is 11.4 Å². The highest BCUT2D eigenvalue weighted by molar-refractivity contribution is 7.80. The number of anilines is 2. The van der Waals surface area contributed by atoms with E-state index < -0.39 is 0 Å². The van der Waals surface area contributed by atoms with Gasteiger partial charge in [-0.05, 0) is 36.4 Å². The monoisotopic (exact) mass is 306 g/mol. The summed E-state index contributed by atoms with van der Waals surface area (Å²) in [6.07, 6.45) is 0. The lowest BCUT2D eigenvalue weighted by Gasteiger charge is -2.14. The Morgan fingerprint density at radius 3 is 2.65 bits per heavy atom. The molecule has 1 amide bonds. The molecule has 2 aromatic carbocycles. The maximum absolute atomic E-state index is 12.2. The molecule has 0 aliphatic carbocycles. The van der Waals surface area contributed by atoms with Crippen LogP contribution in [0.2, 0.25) is 5.02 Å². The number of rotatable bonds is 3. The normalized spacial score (nSPS) is 10.2. The number of nitrogens with one attached hydrogen (secondary N) is 1. The number of halogens is 1.